The maximum atomic E-state index is 12.9. The van der Waals surface area contributed by atoms with Crippen molar-refractivity contribution in [3.63, 3.8) is 0 Å². The lowest BCUT2D eigenvalue weighted by atomic mass is 10.00. The molecule has 2 aliphatic heterocycles. The van der Waals surface area contributed by atoms with Crippen LogP contribution in [0.25, 0.3) is 10.9 Å². The van der Waals surface area contributed by atoms with Crippen molar-refractivity contribution in [2.45, 2.75) is 19.4 Å². The van der Waals surface area contributed by atoms with Gasteiger partial charge in [-0.3, -0.25) is 19.5 Å². The normalized spacial score (nSPS) is 17.1. The van der Waals surface area contributed by atoms with Crippen LogP contribution in [0, 0.1) is 6.92 Å². The smallest absolute Gasteiger partial charge is 0.313 e. The fourth-order valence-electron chi connectivity index (χ4n) is 5.25. The molecule has 188 valence electrons. The van der Waals surface area contributed by atoms with E-state index >= 15 is 0 Å². The van der Waals surface area contributed by atoms with Crippen LogP contribution in [0.4, 0.5) is 11.4 Å². The maximum absolute atomic E-state index is 12.9. The average Bonchev–Trinajstić information content (AvgIpc) is 3.25. The van der Waals surface area contributed by atoms with E-state index in [2.05, 4.69) is 62.6 Å². The molecule has 0 saturated carbocycles. The predicted molar refractivity (Wildman–Crippen MR) is 143 cm³/mol. The monoisotopic (exact) mass is 486 g/mol. The van der Waals surface area contributed by atoms with Crippen LogP contribution in [-0.2, 0) is 16.0 Å². The van der Waals surface area contributed by atoms with Gasteiger partial charge in [-0.2, -0.15) is 0 Å². The Bertz CT molecular complexity index is 1280. The topological polar surface area (TPSA) is 80.8 Å². The number of carbonyl (C=O) groups excluding carboxylic acids is 2. The highest BCUT2D eigenvalue weighted by Gasteiger charge is 2.27. The molecule has 8 nitrogen and oxygen atoms in total. The number of para-hydroxylation sites is 1. The van der Waals surface area contributed by atoms with Gasteiger partial charge in [-0.1, -0.05) is 30.3 Å². The van der Waals surface area contributed by atoms with Crippen molar-refractivity contribution in [3.05, 3.63) is 65.4 Å². The van der Waals surface area contributed by atoms with E-state index < -0.39 is 11.8 Å². The minimum absolute atomic E-state index is 0.00987. The van der Waals surface area contributed by atoms with E-state index in [9.17, 15) is 9.59 Å². The molecule has 0 unspecified atom stereocenters. The Balaban J connectivity index is 1.31. The SMILES string of the molecule is Cc1cc(NC(=O)C(=O)NC[C@@H](c2ccc3c(c2)CCN3C)N2CCN(C)CC2)c2ccccc2n1. The summed E-state index contributed by atoms with van der Waals surface area (Å²) in [6, 6.07) is 16.0. The highest BCUT2D eigenvalue weighted by atomic mass is 16.2. The number of aryl methyl sites for hydroxylation is 1. The molecule has 2 N–H and O–H groups in total. The van der Waals surface area contributed by atoms with Crippen molar-refractivity contribution in [1.29, 1.82) is 0 Å². The van der Waals surface area contributed by atoms with Crippen molar-refractivity contribution >= 4 is 34.1 Å². The Kier molecular flexibility index (Phi) is 6.89. The fraction of sp³-hybridized carbons (Fsp3) is 0.393. The Morgan fingerprint density at radius 1 is 0.972 bits per heavy atom. The summed E-state index contributed by atoms with van der Waals surface area (Å²) < 4.78 is 0. The van der Waals surface area contributed by atoms with Crippen LogP contribution in [0.5, 0.6) is 0 Å². The first kappa shape index (κ1) is 24.2. The van der Waals surface area contributed by atoms with Crippen molar-refractivity contribution < 1.29 is 9.59 Å². The third-order valence-electron chi connectivity index (χ3n) is 7.35. The van der Waals surface area contributed by atoms with Gasteiger partial charge in [0.05, 0.1) is 17.2 Å². The summed E-state index contributed by atoms with van der Waals surface area (Å²) in [5.74, 6) is -1.30. The predicted octanol–water partition coefficient (Wildman–Crippen LogP) is 2.58. The number of pyridine rings is 1. The average molecular weight is 487 g/mol. The van der Waals surface area contributed by atoms with Gasteiger partial charge in [-0.25, -0.2) is 0 Å². The number of rotatable bonds is 5. The molecule has 0 radical (unpaired) electrons. The molecular formula is C28H34N6O2. The summed E-state index contributed by atoms with van der Waals surface area (Å²) in [5, 5.41) is 6.52. The van der Waals surface area contributed by atoms with Crippen LogP contribution in [-0.4, -0.2) is 80.0 Å². The number of fused-ring (bicyclic) bond motifs is 2. The molecule has 0 aliphatic carbocycles. The number of aromatic nitrogens is 1. The maximum Gasteiger partial charge on any atom is 0.313 e. The lowest BCUT2D eigenvalue weighted by Gasteiger charge is -2.38. The van der Waals surface area contributed by atoms with Gasteiger partial charge >= 0.3 is 11.8 Å². The van der Waals surface area contributed by atoms with Crippen molar-refractivity contribution in [1.82, 2.24) is 20.1 Å². The fourth-order valence-corrected chi connectivity index (χ4v) is 5.25. The third-order valence-corrected chi connectivity index (χ3v) is 7.35. The van der Waals surface area contributed by atoms with Gasteiger partial charge in [0, 0.05) is 63.1 Å². The molecule has 2 aliphatic rings. The van der Waals surface area contributed by atoms with Gasteiger partial charge < -0.3 is 20.4 Å². The van der Waals surface area contributed by atoms with Crippen molar-refractivity contribution in [3.8, 4) is 0 Å². The summed E-state index contributed by atoms with van der Waals surface area (Å²) >= 11 is 0. The van der Waals surface area contributed by atoms with E-state index in [1.165, 1.54) is 16.8 Å². The minimum atomic E-state index is -0.668. The van der Waals surface area contributed by atoms with Crippen LogP contribution < -0.4 is 15.5 Å². The van der Waals surface area contributed by atoms with E-state index in [4.69, 9.17) is 0 Å². The first-order valence-corrected chi connectivity index (χ1v) is 12.6. The van der Waals surface area contributed by atoms with Gasteiger partial charge in [0.1, 0.15) is 0 Å². The first-order chi connectivity index (χ1) is 17.4. The van der Waals surface area contributed by atoms with Gasteiger partial charge in [0.2, 0.25) is 0 Å². The summed E-state index contributed by atoms with van der Waals surface area (Å²) in [6.07, 6.45) is 1.03. The quantitative estimate of drug-likeness (QED) is 0.540. The molecule has 1 fully saturated rings. The second kappa shape index (κ2) is 10.2. The van der Waals surface area contributed by atoms with E-state index in [0.717, 1.165) is 55.7 Å². The number of hydrogen-bond donors (Lipinski definition) is 2. The van der Waals surface area contributed by atoms with E-state index in [-0.39, 0.29) is 6.04 Å². The molecular weight excluding hydrogens is 452 g/mol. The third kappa shape index (κ3) is 5.05. The molecule has 1 atom stereocenters. The van der Waals surface area contributed by atoms with Crippen molar-refractivity contribution in [2.75, 3.05) is 63.6 Å². The first-order valence-electron chi connectivity index (χ1n) is 12.6. The lowest BCUT2D eigenvalue weighted by molar-refractivity contribution is -0.136. The van der Waals surface area contributed by atoms with Crippen LogP contribution in [0.3, 0.4) is 0 Å². The summed E-state index contributed by atoms with van der Waals surface area (Å²) in [7, 11) is 4.25. The van der Waals surface area contributed by atoms with Gasteiger partial charge in [-0.05, 0) is 49.7 Å². The molecule has 3 heterocycles. The lowest BCUT2D eigenvalue weighted by Crippen LogP contribution is -2.49. The Hall–Kier alpha value is -3.49. The molecule has 2 amide bonds. The van der Waals surface area contributed by atoms with Crippen LogP contribution in [0.2, 0.25) is 0 Å². The summed E-state index contributed by atoms with van der Waals surface area (Å²) in [4.78, 5) is 37.3. The number of amides is 2. The molecule has 1 saturated heterocycles. The molecule has 5 rings (SSSR count). The van der Waals surface area contributed by atoms with Gasteiger partial charge in [0.15, 0.2) is 0 Å². The molecule has 2 aromatic carbocycles. The second-order valence-electron chi connectivity index (χ2n) is 9.91. The molecule has 8 heteroatoms. The number of likely N-dealkylation sites (N-methyl/N-ethyl adjacent to an activating group) is 2. The Labute approximate surface area is 212 Å². The number of benzene rings is 2. The van der Waals surface area contributed by atoms with Crippen LogP contribution in [0.15, 0.2) is 48.5 Å². The van der Waals surface area contributed by atoms with E-state index in [1.807, 2.05) is 31.2 Å². The van der Waals surface area contributed by atoms with Crippen LogP contribution >= 0.6 is 0 Å². The number of hydrogen-bond acceptors (Lipinski definition) is 6. The summed E-state index contributed by atoms with van der Waals surface area (Å²) in [5.41, 5.74) is 5.96. The molecule has 0 bridgehead atoms. The van der Waals surface area contributed by atoms with Gasteiger partial charge in [0.25, 0.3) is 0 Å². The van der Waals surface area contributed by atoms with Crippen molar-refractivity contribution in [2.24, 2.45) is 0 Å². The molecule has 1 aromatic heterocycles. The highest BCUT2D eigenvalue weighted by Crippen LogP contribution is 2.31. The van der Waals surface area contributed by atoms with E-state index in [1.54, 1.807) is 6.07 Å². The number of piperazine rings is 1. The molecule has 3 aromatic rings. The zero-order valence-electron chi connectivity index (χ0n) is 21.3. The number of nitrogens with zero attached hydrogens (tertiary/aromatic N) is 4. The Morgan fingerprint density at radius 3 is 2.56 bits per heavy atom. The zero-order chi connectivity index (χ0) is 25.2. The molecule has 0 spiro atoms. The highest BCUT2D eigenvalue weighted by molar-refractivity contribution is 6.40. The minimum Gasteiger partial charge on any atom is -0.374 e. The second-order valence-corrected chi connectivity index (χ2v) is 9.91. The largest absolute Gasteiger partial charge is 0.374 e. The number of carbonyl (C=O) groups is 2. The zero-order valence-corrected chi connectivity index (χ0v) is 21.3. The standard InChI is InChI=1S/C28H34N6O2/c1-19-16-24(22-6-4-5-7-23(22)30-19)31-28(36)27(35)29-18-26(34-14-12-32(2)13-15-34)20-8-9-25-21(17-20)10-11-33(25)3/h4-9,16-17,26H,10-15,18H2,1-3H3,(H,29,35)(H,30,31,36)/t26-/m0/s1. The van der Waals surface area contributed by atoms with E-state index in [0.29, 0.717) is 12.2 Å². The number of anilines is 2. The van der Waals surface area contributed by atoms with Gasteiger partial charge in [-0.15, -0.1) is 0 Å². The molecule has 36 heavy (non-hydrogen) atoms. The summed E-state index contributed by atoms with van der Waals surface area (Å²) in [6.45, 7) is 7.07. The number of nitrogens with one attached hydrogen (secondary N) is 2. The van der Waals surface area contributed by atoms with Crippen LogP contribution in [0.1, 0.15) is 22.9 Å². The Morgan fingerprint density at radius 2 is 1.75 bits per heavy atom.